The standard InChI is InChI=1S/C8H6BrN3O2/c1-14-8(13)6-2-5(9)3-7-10-4-11-12(6)7/h2-4H,1H3. The van der Waals surface area contributed by atoms with Crippen LogP contribution in [0.15, 0.2) is 22.9 Å². The van der Waals surface area contributed by atoms with E-state index in [1.165, 1.54) is 18.0 Å². The summed E-state index contributed by atoms with van der Waals surface area (Å²) in [7, 11) is 1.33. The molecule has 5 nitrogen and oxygen atoms in total. The number of hydrogen-bond donors (Lipinski definition) is 0. The summed E-state index contributed by atoms with van der Waals surface area (Å²) in [5, 5.41) is 3.91. The maximum Gasteiger partial charge on any atom is 0.356 e. The van der Waals surface area contributed by atoms with Gasteiger partial charge in [-0.05, 0) is 12.1 Å². The van der Waals surface area contributed by atoms with Gasteiger partial charge in [0.25, 0.3) is 0 Å². The van der Waals surface area contributed by atoms with E-state index in [9.17, 15) is 4.79 Å². The molecule has 2 heterocycles. The molecule has 0 aliphatic heterocycles. The van der Waals surface area contributed by atoms with Crippen molar-refractivity contribution in [3.8, 4) is 0 Å². The molecule has 0 aromatic carbocycles. The van der Waals surface area contributed by atoms with Crippen LogP contribution in [0.25, 0.3) is 5.65 Å². The van der Waals surface area contributed by atoms with Gasteiger partial charge in [-0.2, -0.15) is 5.10 Å². The zero-order valence-electron chi connectivity index (χ0n) is 7.27. The second-order valence-corrected chi connectivity index (χ2v) is 3.50. The lowest BCUT2D eigenvalue weighted by atomic mass is 10.3. The molecule has 72 valence electrons. The van der Waals surface area contributed by atoms with Crippen LogP contribution in [0.2, 0.25) is 0 Å². The summed E-state index contributed by atoms with van der Waals surface area (Å²) in [4.78, 5) is 15.3. The third-order valence-corrected chi connectivity index (χ3v) is 2.20. The van der Waals surface area contributed by atoms with E-state index in [1.54, 1.807) is 12.1 Å². The number of ether oxygens (including phenoxy) is 1. The quantitative estimate of drug-likeness (QED) is 0.721. The molecule has 0 aliphatic rings. The summed E-state index contributed by atoms with van der Waals surface area (Å²) in [5.41, 5.74) is 0.939. The summed E-state index contributed by atoms with van der Waals surface area (Å²) in [6.07, 6.45) is 1.38. The SMILES string of the molecule is COC(=O)c1cc(Br)cc2ncnn12. The van der Waals surface area contributed by atoms with E-state index in [2.05, 4.69) is 30.7 Å². The molecule has 14 heavy (non-hydrogen) atoms. The highest BCUT2D eigenvalue weighted by Crippen LogP contribution is 2.15. The van der Waals surface area contributed by atoms with Gasteiger partial charge in [-0.25, -0.2) is 14.3 Å². The predicted molar refractivity (Wildman–Crippen MR) is 52.0 cm³/mol. The maximum atomic E-state index is 11.3. The van der Waals surface area contributed by atoms with E-state index in [0.29, 0.717) is 11.3 Å². The minimum absolute atomic E-state index is 0.342. The third-order valence-electron chi connectivity index (χ3n) is 1.74. The van der Waals surface area contributed by atoms with Gasteiger partial charge in [0.15, 0.2) is 11.3 Å². The van der Waals surface area contributed by atoms with Crippen LogP contribution in [0, 0.1) is 0 Å². The lowest BCUT2D eigenvalue weighted by Crippen LogP contribution is -2.08. The van der Waals surface area contributed by atoms with Gasteiger partial charge >= 0.3 is 5.97 Å². The lowest BCUT2D eigenvalue weighted by Gasteiger charge is -2.02. The van der Waals surface area contributed by atoms with Crippen molar-refractivity contribution in [1.29, 1.82) is 0 Å². The molecule has 2 aromatic heterocycles. The molecule has 6 heteroatoms. The van der Waals surface area contributed by atoms with Crippen LogP contribution in [0.5, 0.6) is 0 Å². The molecule has 0 aliphatic carbocycles. The Labute approximate surface area is 87.8 Å². The predicted octanol–water partition coefficient (Wildman–Crippen LogP) is 1.28. The molecule has 0 amide bonds. The molecule has 0 saturated carbocycles. The first-order valence-electron chi connectivity index (χ1n) is 3.80. The Morgan fingerprint density at radius 2 is 2.36 bits per heavy atom. The Hall–Kier alpha value is -1.43. The van der Waals surface area contributed by atoms with E-state index in [-0.39, 0.29) is 0 Å². The van der Waals surface area contributed by atoms with Crippen LogP contribution < -0.4 is 0 Å². The minimum atomic E-state index is -0.443. The van der Waals surface area contributed by atoms with Gasteiger partial charge in [-0.15, -0.1) is 0 Å². The van der Waals surface area contributed by atoms with Gasteiger partial charge in [0.1, 0.15) is 6.33 Å². The van der Waals surface area contributed by atoms with Gasteiger partial charge in [0.05, 0.1) is 7.11 Å². The molecular formula is C8H6BrN3O2. The molecule has 0 radical (unpaired) electrons. The number of fused-ring (bicyclic) bond motifs is 1. The Kier molecular flexibility index (Phi) is 2.20. The highest BCUT2D eigenvalue weighted by molar-refractivity contribution is 9.10. The van der Waals surface area contributed by atoms with Gasteiger partial charge in [0.2, 0.25) is 0 Å². The highest BCUT2D eigenvalue weighted by atomic mass is 79.9. The number of carbonyl (C=O) groups is 1. The Morgan fingerprint density at radius 3 is 3.07 bits per heavy atom. The van der Waals surface area contributed by atoms with E-state index in [1.807, 2.05) is 0 Å². The molecule has 2 aromatic rings. The first kappa shape index (κ1) is 9.14. The molecule has 0 bridgehead atoms. The van der Waals surface area contributed by atoms with Crippen molar-refractivity contribution in [2.75, 3.05) is 7.11 Å². The molecule has 0 saturated heterocycles. The molecule has 0 N–H and O–H groups in total. The Bertz CT molecular complexity index is 494. The lowest BCUT2D eigenvalue weighted by molar-refractivity contribution is 0.0590. The van der Waals surface area contributed by atoms with E-state index in [4.69, 9.17) is 0 Å². The Morgan fingerprint density at radius 1 is 1.57 bits per heavy atom. The molecule has 0 unspecified atom stereocenters. The van der Waals surface area contributed by atoms with Crippen molar-refractivity contribution in [2.24, 2.45) is 0 Å². The minimum Gasteiger partial charge on any atom is -0.464 e. The van der Waals surface area contributed by atoms with Gasteiger partial charge < -0.3 is 4.74 Å². The average Bonchev–Trinajstić information content (AvgIpc) is 2.62. The fourth-order valence-electron chi connectivity index (χ4n) is 1.14. The number of aromatic nitrogens is 3. The van der Waals surface area contributed by atoms with Crippen molar-refractivity contribution in [3.63, 3.8) is 0 Å². The van der Waals surface area contributed by atoms with Crippen LogP contribution >= 0.6 is 15.9 Å². The molecule has 0 fully saturated rings. The van der Waals surface area contributed by atoms with Crippen molar-refractivity contribution in [2.45, 2.75) is 0 Å². The summed E-state index contributed by atoms with van der Waals surface area (Å²) in [5.74, 6) is -0.443. The highest BCUT2D eigenvalue weighted by Gasteiger charge is 2.12. The first-order valence-corrected chi connectivity index (χ1v) is 4.59. The van der Waals surface area contributed by atoms with Crippen molar-refractivity contribution in [3.05, 3.63) is 28.6 Å². The van der Waals surface area contributed by atoms with Gasteiger partial charge in [0, 0.05) is 4.47 Å². The first-order chi connectivity index (χ1) is 6.72. The number of halogens is 1. The van der Waals surface area contributed by atoms with Crippen LogP contribution in [0.1, 0.15) is 10.5 Å². The number of rotatable bonds is 1. The Balaban J connectivity index is 2.72. The van der Waals surface area contributed by atoms with Crippen molar-refractivity contribution < 1.29 is 9.53 Å². The molecule has 0 spiro atoms. The number of esters is 1. The fraction of sp³-hybridized carbons (Fsp3) is 0.125. The van der Waals surface area contributed by atoms with E-state index >= 15 is 0 Å². The number of nitrogens with zero attached hydrogens (tertiary/aromatic N) is 3. The van der Waals surface area contributed by atoms with Gasteiger partial charge in [-0.1, -0.05) is 15.9 Å². The average molecular weight is 256 g/mol. The summed E-state index contributed by atoms with van der Waals surface area (Å²) >= 11 is 3.28. The topological polar surface area (TPSA) is 56.5 Å². The second kappa shape index (κ2) is 3.38. The molecule has 0 atom stereocenters. The van der Waals surface area contributed by atoms with E-state index < -0.39 is 5.97 Å². The van der Waals surface area contributed by atoms with E-state index in [0.717, 1.165) is 4.47 Å². The van der Waals surface area contributed by atoms with Crippen LogP contribution in [-0.4, -0.2) is 27.7 Å². The summed E-state index contributed by atoms with van der Waals surface area (Å²) < 4.78 is 6.81. The number of methoxy groups -OCH3 is 1. The smallest absolute Gasteiger partial charge is 0.356 e. The van der Waals surface area contributed by atoms with Crippen molar-refractivity contribution >= 4 is 27.5 Å². The monoisotopic (exact) mass is 255 g/mol. The fourth-order valence-corrected chi connectivity index (χ4v) is 1.56. The largest absolute Gasteiger partial charge is 0.464 e. The van der Waals surface area contributed by atoms with Gasteiger partial charge in [-0.3, -0.25) is 0 Å². The summed E-state index contributed by atoms with van der Waals surface area (Å²) in [6, 6.07) is 3.40. The normalized spacial score (nSPS) is 10.4. The molecule has 2 rings (SSSR count). The number of pyridine rings is 1. The number of carbonyl (C=O) groups excluding carboxylic acids is 1. The van der Waals surface area contributed by atoms with Crippen LogP contribution in [0.3, 0.4) is 0 Å². The zero-order chi connectivity index (χ0) is 10.1. The zero-order valence-corrected chi connectivity index (χ0v) is 8.85. The second-order valence-electron chi connectivity index (χ2n) is 2.58. The molecular weight excluding hydrogens is 250 g/mol. The van der Waals surface area contributed by atoms with Crippen LogP contribution in [0.4, 0.5) is 0 Å². The number of hydrogen-bond acceptors (Lipinski definition) is 4. The van der Waals surface area contributed by atoms with Crippen molar-refractivity contribution in [1.82, 2.24) is 14.6 Å². The maximum absolute atomic E-state index is 11.3. The summed E-state index contributed by atoms with van der Waals surface area (Å²) in [6.45, 7) is 0. The van der Waals surface area contributed by atoms with Crippen LogP contribution in [-0.2, 0) is 4.74 Å². The third kappa shape index (κ3) is 1.37.